The van der Waals surface area contributed by atoms with E-state index in [1.165, 1.54) is 11.3 Å². The van der Waals surface area contributed by atoms with Crippen molar-refractivity contribution in [1.29, 1.82) is 0 Å². The van der Waals surface area contributed by atoms with Crippen LogP contribution < -0.4 is 5.32 Å². The Morgan fingerprint density at radius 2 is 1.96 bits per heavy atom. The molecule has 1 aromatic carbocycles. The first-order valence-corrected chi connectivity index (χ1v) is 8.69. The molecule has 128 valence electrons. The quantitative estimate of drug-likeness (QED) is 0.888. The number of likely N-dealkylation sites (tertiary alicyclic amines) is 1. The molecule has 0 unspecified atom stereocenters. The molecule has 24 heavy (non-hydrogen) atoms. The molecule has 1 amide bonds. The molecule has 1 fully saturated rings. The van der Waals surface area contributed by atoms with Crippen LogP contribution in [0.5, 0.6) is 0 Å². The lowest BCUT2D eigenvalue weighted by atomic mass is 10.1. The van der Waals surface area contributed by atoms with Crippen molar-refractivity contribution in [2.24, 2.45) is 0 Å². The van der Waals surface area contributed by atoms with Gasteiger partial charge in [0.1, 0.15) is 0 Å². The third-order valence-corrected chi connectivity index (χ3v) is 4.63. The van der Waals surface area contributed by atoms with Gasteiger partial charge in [-0.25, -0.2) is 0 Å². The fraction of sp³-hybridized carbons (Fsp3) is 0.474. The first-order chi connectivity index (χ1) is 11.5. The highest BCUT2D eigenvalue weighted by atomic mass is 16.1. The number of anilines is 1. The van der Waals surface area contributed by atoms with E-state index >= 15 is 0 Å². The minimum atomic E-state index is 0.0776. The molecule has 0 atom stereocenters. The van der Waals surface area contributed by atoms with Crippen LogP contribution in [0.1, 0.15) is 36.3 Å². The molecule has 5 heteroatoms. The minimum absolute atomic E-state index is 0.0776. The van der Waals surface area contributed by atoms with Gasteiger partial charge >= 0.3 is 0 Å². The van der Waals surface area contributed by atoms with Crippen LogP contribution >= 0.6 is 0 Å². The summed E-state index contributed by atoms with van der Waals surface area (Å²) in [6, 6.07) is 10.6. The molecule has 3 rings (SSSR count). The zero-order valence-corrected chi connectivity index (χ0v) is 14.7. The number of rotatable bonds is 6. The first-order valence-electron chi connectivity index (χ1n) is 8.69. The molecule has 1 aliphatic rings. The monoisotopic (exact) mass is 326 g/mol. The number of amides is 1. The molecule has 1 saturated heterocycles. The van der Waals surface area contributed by atoms with E-state index in [1.807, 2.05) is 19.1 Å². The summed E-state index contributed by atoms with van der Waals surface area (Å²) in [4.78, 5) is 14.4. The van der Waals surface area contributed by atoms with Gasteiger partial charge < -0.3 is 5.32 Å². The van der Waals surface area contributed by atoms with E-state index in [0.29, 0.717) is 12.5 Å². The highest BCUT2D eigenvalue weighted by Crippen LogP contribution is 2.22. The SMILES string of the molecule is CCc1ccc(NC(=O)CCN2CC(n3nc(C)cc3C)C2)cc1. The number of carbonyl (C=O) groups is 1. The van der Waals surface area contributed by atoms with Gasteiger partial charge in [0.15, 0.2) is 0 Å². The van der Waals surface area contributed by atoms with Gasteiger partial charge in [-0.05, 0) is 44.0 Å². The lowest BCUT2D eigenvalue weighted by molar-refractivity contribution is -0.116. The normalized spacial score (nSPS) is 15.3. The Bertz CT molecular complexity index is 699. The van der Waals surface area contributed by atoms with Crippen molar-refractivity contribution < 1.29 is 4.79 Å². The Morgan fingerprint density at radius 3 is 2.54 bits per heavy atom. The molecule has 0 spiro atoms. The molecule has 5 nitrogen and oxygen atoms in total. The van der Waals surface area contributed by atoms with Gasteiger partial charge in [-0.2, -0.15) is 5.10 Å². The molecule has 1 aliphatic heterocycles. The van der Waals surface area contributed by atoms with Crippen LogP contribution in [0, 0.1) is 13.8 Å². The van der Waals surface area contributed by atoms with Gasteiger partial charge in [-0.3, -0.25) is 14.4 Å². The highest BCUT2D eigenvalue weighted by molar-refractivity contribution is 5.90. The van der Waals surface area contributed by atoms with Crippen molar-refractivity contribution in [3.05, 3.63) is 47.3 Å². The average Bonchev–Trinajstić information content (AvgIpc) is 2.85. The highest BCUT2D eigenvalue weighted by Gasteiger charge is 2.29. The fourth-order valence-corrected chi connectivity index (χ4v) is 3.20. The molecule has 2 heterocycles. The van der Waals surface area contributed by atoms with Gasteiger partial charge in [0.05, 0.1) is 11.7 Å². The Kier molecular flexibility index (Phi) is 5.00. The number of carbonyl (C=O) groups excluding carboxylic acids is 1. The number of aryl methyl sites for hydroxylation is 3. The largest absolute Gasteiger partial charge is 0.326 e. The maximum Gasteiger partial charge on any atom is 0.225 e. The van der Waals surface area contributed by atoms with E-state index in [0.717, 1.165) is 37.4 Å². The zero-order valence-electron chi connectivity index (χ0n) is 14.7. The summed E-state index contributed by atoms with van der Waals surface area (Å²) in [5, 5.41) is 7.51. The predicted octanol–water partition coefficient (Wildman–Crippen LogP) is 2.95. The molecule has 0 saturated carbocycles. The number of benzene rings is 1. The molecule has 1 N–H and O–H groups in total. The van der Waals surface area contributed by atoms with Crippen molar-refractivity contribution in [3.63, 3.8) is 0 Å². The van der Waals surface area contributed by atoms with Gasteiger partial charge in [0, 0.05) is 37.4 Å². The predicted molar refractivity (Wildman–Crippen MR) is 96.2 cm³/mol. The van der Waals surface area contributed by atoms with Gasteiger partial charge in [0.25, 0.3) is 0 Å². The summed E-state index contributed by atoms with van der Waals surface area (Å²) in [5.74, 6) is 0.0776. The van der Waals surface area contributed by atoms with Gasteiger partial charge in [0.2, 0.25) is 5.91 Å². The Morgan fingerprint density at radius 1 is 1.25 bits per heavy atom. The zero-order chi connectivity index (χ0) is 17.1. The van der Waals surface area contributed by atoms with Crippen LogP contribution in [0.25, 0.3) is 0 Å². The summed E-state index contributed by atoms with van der Waals surface area (Å²) >= 11 is 0. The molecular formula is C19H26N4O. The van der Waals surface area contributed by atoms with E-state index in [-0.39, 0.29) is 5.91 Å². The summed E-state index contributed by atoms with van der Waals surface area (Å²) in [6.45, 7) is 8.99. The molecule has 2 aromatic rings. The van der Waals surface area contributed by atoms with Gasteiger partial charge in [-0.1, -0.05) is 19.1 Å². The second-order valence-electron chi connectivity index (χ2n) is 6.63. The number of nitrogens with zero attached hydrogens (tertiary/aromatic N) is 3. The number of hydrogen-bond donors (Lipinski definition) is 1. The van der Waals surface area contributed by atoms with Crippen molar-refractivity contribution in [3.8, 4) is 0 Å². The average molecular weight is 326 g/mol. The first kappa shape index (κ1) is 16.7. The van der Waals surface area contributed by atoms with Crippen molar-refractivity contribution in [2.75, 3.05) is 25.0 Å². The van der Waals surface area contributed by atoms with Crippen molar-refractivity contribution in [1.82, 2.24) is 14.7 Å². The molecular weight excluding hydrogens is 300 g/mol. The topological polar surface area (TPSA) is 50.2 Å². The second-order valence-corrected chi connectivity index (χ2v) is 6.63. The van der Waals surface area contributed by atoms with E-state index in [9.17, 15) is 4.79 Å². The Labute approximate surface area is 143 Å². The molecule has 0 aliphatic carbocycles. The van der Waals surface area contributed by atoms with Crippen LogP contribution in [0.2, 0.25) is 0 Å². The summed E-state index contributed by atoms with van der Waals surface area (Å²) in [7, 11) is 0. The van der Waals surface area contributed by atoms with E-state index in [2.05, 4.69) is 52.0 Å². The maximum absolute atomic E-state index is 12.1. The molecule has 1 aromatic heterocycles. The smallest absolute Gasteiger partial charge is 0.225 e. The molecule has 0 radical (unpaired) electrons. The lowest BCUT2D eigenvalue weighted by Gasteiger charge is -2.39. The van der Waals surface area contributed by atoms with Crippen LogP contribution in [0.15, 0.2) is 30.3 Å². The van der Waals surface area contributed by atoms with E-state index < -0.39 is 0 Å². The Balaban J connectivity index is 1.40. The van der Waals surface area contributed by atoms with Crippen molar-refractivity contribution in [2.45, 2.75) is 39.7 Å². The summed E-state index contributed by atoms with van der Waals surface area (Å²) < 4.78 is 2.11. The summed E-state index contributed by atoms with van der Waals surface area (Å²) in [5.41, 5.74) is 4.44. The van der Waals surface area contributed by atoms with Gasteiger partial charge in [-0.15, -0.1) is 0 Å². The fourth-order valence-electron chi connectivity index (χ4n) is 3.20. The molecule has 0 bridgehead atoms. The minimum Gasteiger partial charge on any atom is -0.326 e. The van der Waals surface area contributed by atoms with Crippen LogP contribution in [-0.2, 0) is 11.2 Å². The number of aromatic nitrogens is 2. The van der Waals surface area contributed by atoms with Crippen LogP contribution in [0.3, 0.4) is 0 Å². The van der Waals surface area contributed by atoms with Crippen LogP contribution in [0.4, 0.5) is 5.69 Å². The second kappa shape index (κ2) is 7.18. The third-order valence-electron chi connectivity index (χ3n) is 4.63. The van der Waals surface area contributed by atoms with E-state index in [4.69, 9.17) is 0 Å². The standard InChI is InChI=1S/C19H26N4O/c1-4-16-5-7-17(8-6-16)20-19(24)9-10-22-12-18(13-22)23-15(3)11-14(2)21-23/h5-8,11,18H,4,9-10,12-13H2,1-3H3,(H,20,24). The Hall–Kier alpha value is -2.14. The number of nitrogens with one attached hydrogen (secondary N) is 1. The van der Waals surface area contributed by atoms with Crippen LogP contribution in [-0.4, -0.2) is 40.2 Å². The summed E-state index contributed by atoms with van der Waals surface area (Å²) in [6.07, 6.45) is 1.54. The lowest BCUT2D eigenvalue weighted by Crippen LogP contribution is -2.49. The third kappa shape index (κ3) is 3.85. The maximum atomic E-state index is 12.1. The van der Waals surface area contributed by atoms with Crippen molar-refractivity contribution >= 4 is 11.6 Å². The number of hydrogen-bond acceptors (Lipinski definition) is 3. The van der Waals surface area contributed by atoms with E-state index in [1.54, 1.807) is 0 Å².